The molecule has 0 aromatic rings. The first kappa shape index (κ1) is 21.1. The Morgan fingerprint density at radius 3 is 2.50 bits per heavy atom. The largest absolute Gasteiger partial charge is 0.471 e. The molecule has 2 aliphatic rings. The molecule has 3 N–H and O–H groups in total. The molecule has 0 aromatic heterocycles. The van der Waals surface area contributed by atoms with Gasteiger partial charge in [0.05, 0.1) is 0 Å². The van der Waals surface area contributed by atoms with Gasteiger partial charge in [0.15, 0.2) is 0 Å². The maximum absolute atomic E-state index is 12.1. The van der Waals surface area contributed by atoms with Crippen LogP contribution in [-0.2, 0) is 4.79 Å². The van der Waals surface area contributed by atoms with Crippen molar-refractivity contribution in [2.75, 3.05) is 26.2 Å². The van der Waals surface area contributed by atoms with Gasteiger partial charge < -0.3 is 16.0 Å². The Balaban J connectivity index is 0.00000220. The Hall–Kier alpha value is -0.920. The second kappa shape index (κ2) is 9.27. The Labute approximate surface area is 139 Å². The number of halogens is 5. The fourth-order valence-electron chi connectivity index (χ4n) is 2.41. The van der Waals surface area contributed by atoms with Crippen LogP contribution in [0.15, 0.2) is 23.4 Å². The number of alkyl halides is 3. The minimum Gasteiger partial charge on any atom is -0.385 e. The second-order valence-corrected chi connectivity index (χ2v) is 4.96. The number of hydrogen-bond donors (Lipinski definition) is 3. The first-order valence-corrected chi connectivity index (χ1v) is 6.67. The van der Waals surface area contributed by atoms with Crippen molar-refractivity contribution in [3.63, 3.8) is 0 Å². The lowest BCUT2D eigenvalue weighted by atomic mass is 9.92. The predicted octanol–water partition coefficient (Wildman–Crippen LogP) is 1.92. The number of allylic oxidation sites excluding steroid dienone is 1. The van der Waals surface area contributed by atoms with Crippen LogP contribution < -0.4 is 16.0 Å². The van der Waals surface area contributed by atoms with Crippen LogP contribution in [0.3, 0.4) is 0 Å². The van der Waals surface area contributed by atoms with Crippen molar-refractivity contribution < 1.29 is 18.0 Å². The summed E-state index contributed by atoms with van der Waals surface area (Å²) in [6, 6.07) is 0. The summed E-state index contributed by atoms with van der Waals surface area (Å²) in [7, 11) is 0. The predicted molar refractivity (Wildman–Crippen MR) is 83.3 cm³/mol. The monoisotopic (exact) mass is 361 g/mol. The lowest BCUT2D eigenvalue weighted by Crippen LogP contribution is -2.38. The lowest BCUT2D eigenvalue weighted by molar-refractivity contribution is -0.173. The number of nitrogens with one attached hydrogen (secondary N) is 3. The molecule has 0 atom stereocenters. The van der Waals surface area contributed by atoms with Gasteiger partial charge in [-0.1, -0.05) is 6.08 Å². The van der Waals surface area contributed by atoms with Crippen LogP contribution >= 0.6 is 24.8 Å². The van der Waals surface area contributed by atoms with Crippen LogP contribution in [0.5, 0.6) is 0 Å². The van der Waals surface area contributed by atoms with Crippen molar-refractivity contribution in [1.82, 2.24) is 16.0 Å². The molecular formula is C13H20Cl2F3N3O. The van der Waals surface area contributed by atoms with Gasteiger partial charge in [0.25, 0.3) is 0 Å². The normalized spacial score (nSPS) is 18.9. The number of dihydropyridines is 1. The Kier molecular flexibility index (Phi) is 8.88. The van der Waals surface area contributed by atoms with Gasteiger partial charge in [-0.25, -0.2) is 0 Å². The standard InChI is InChI=1S/C13H18F3N3O.2ClH/c14-13(15,16)12(20)19-8-9-1-6-18-11(7-9)10-2-4-17-5-3-10;;/h1,7,10,17-18H,2-6,8H2,(H,19,20);2*1H. The smallest absolute Gasteiger partial charge is 0.385 e. The highest BCUT2D eigenvalue weighted by molar-refractivity contribution is 5.85. The van der Waals surface area contributed by atoms with Crippen molar-refractivity contribution in [1.29, 1.82) is 0 Å². The third kappa shape index (κ3) is 6.06. The molecule has 0 bridgehead atoms. The number of carbonyl (C=O) groups is 1. The maximum Gasteiger partial charge on any atom is 0.471 e. The summed E-state index contributed by atoms with van der Waals surface area (Å²) in [4.78, 5) is 10.8. The van der Waals surface area contributed by atoms with E-state index in [-0.39, 0.29) is 31.4 Å². The fraction of sp³-hybridized carbons (Fsp3) is 0.615. The van der Waals surface area contributed by atoms with Crippen LogP contribution in [0, 0.1) is 5.92 Å². The van der Waals surface area contributed by atoms with Gasteiger partial charge in [-0.05, 0) is 37.6 Å². The van der Waals surface area contributed by atoms with Crippen LogP contribution in [-0.4, -0.2) is 38.3 Å². The van der Waals surface area contributed by atoms with Crippen molar-refractivity contribution in [2.45, 2.75) is 19.0 Å². The first-order chi connectivity index (χ1) is 9.47. The molecule has 0 aromatic carbocycles. The highest BCUT2D eigenvalue weighted by atomic mass is 35.5. The number of amides is 1. The molecule has 0 saturated carbocycles. The summed E-state index contributed by atoms with van der Waals surface area (Å²) < 4.78 is 36.3. The lowest BCUT2D eigenvalue weighted by Gasteiger charge is -2.28. The first-order valence-electron chi connectivity index (χ1n) is 6.67. The molecule has 2 aliphatic heterocycles. The van der Waals surface area contributed by atoms with Gasteiger partial charge in [0.1, 0.15) is 0 Å². The average molecular weight is 362 g/mol. The number of piperidine rings is 1. The van der Waals surface area contributed by atoms with Gasteiger partial charge in [0, 0.05) is 24.7 Å². The van der Waals surface area contributed by atoms with E-state index in [1.54, 1.807) is 6.08 Å². The van der Waals surface area contributed by atoms with Crippen molar-refractivity contribution in [2.24, 2.45) is 5.92 Å². The molecule has 2 heterocycles. The molecule has 2 rings (SSSR count). The van der Waals surface area contributed by atoms with Crippen molar-refractivity contribution in [3.8, 4) is 0 Å². The summed E-state index contributed by atoms with van der Waals surface area (Å²) in [6.45, 7) is 2.41. The Morgan fingerprint density at radius 1 is 1.27 bits per heavy atom. The highest BCUT2D eigenvalue weighted by Crippen LogP contribution is 2.22. The molecule has 4 nitrogen and oxygen atoms in total. The average Bonchev–Trinajstić information content (AvgIpc) is 2.45. The van der Waals surface area contributed by atoms with E-state index in [2.05, 4.69) is 10.6 Å². The molecule has 1 amide bonds. The van der Waals surface area contributed by atoms with E-state index in [4.69, 9.17) is 0 Å². The van der Waals surface area contributed by atoms with Crippen molar-refractivity contribution >= 4 is 30.7 Å². The molecular weight excluding hydrogens is 342 g/mol. The van der Waals surface area contributed by atoms with E-state index < -0.39 is 12.1 Å². The molecule has 0 unspecified atom stereocenters. The topological polar surface area (TPSA) is 53.2 Å². The molecule has 1 fully saturated rings. The quantitative estimate of drug-likeness (QED) is 0.719. The molecule has 0 spiro atoms. The minimum atomic E-state index is -4.82. The van der Waals surface area contributed by atoms with Gasteiger partial charge >= 0.3 is 12.1 Å². The van der Waals surface area contributed by atoms with E-state index in [1.807, 2.05) is 11.4 Å². The zero-order valence-corrected chi connectivity index (χ0v) is 13.5. The zero-order chi connectivity index (χ0) is 14.6. The van der Waals surface area contributed by atoms with E-state index in [1.165, 1.54) is 0 Å². The summed E-state index contributed by atoms with van der Waals surface area (Å²) in [5.74, 6) is -1.48. The molecule has 0 radical (unpaired) electrons. The summed E-state index contributed by atoms with van der Waals surface area (Å²) in [5.41, 5.74) is 1.78. The second-order valence-electron chi connectivity index (χ2n) is 4.96. The molecule has 128 valence electrons. The van der Waals surface area contributed by atoms with Crippen LogP contribution in [0.25, 0.3) is 0 Å². The number of rotatable bonds is 3. The summed E-state index contributed by atoms with van der Waals surface area (Å²) in [6.07, 6.45) is 0.856. The number of hydrogen-bond acceptors (Lipinski definition) is 3. The van der Waals surface area contributed by atoms with Gasteiger partial charge in [0.2, 0.25) is 0 Å². The molecule has 22 heavy (non-hydrogen) atoms. The van der Waals surface area contributed by atoms with Gasteiger partial charge in [-0.15, -0.1) is 24.8 Å². The van der Waals surface area contributed by atoms with E-state index in [0.717, 1.165) is 37.2 Å². The van der Waals surface area contributed by atoms with E-state index in [9.17, 15) is 18.0 Å². The SMILES string of the molecule is Cl.Cl.O=C(NCC1=CCNC(C2CCNCC2)=C1)C(F)(F)F. The summed E-state index contributed by atoms with van der Waals surface area (Å²) in [5, 5.41) is 8.43. The Bertz CT molecular complexity index is 433. The van der Waals surface area contributed by atoms with Crippen LogP contribution in [0.1, 0.15) is 12.8 Å². The van der Waals surface area contributed by atoms with Gasteiger partial charge in [-0.3, -0.25) is 4.79 Å². The van der Waals surface area contributed by atoms with E-state index in [0.29, 0.717) is 12.5 Å². The van der Waals surface area contributed by atoms with Crippen LogP contribution in [0.4, 0.5) is 13.2 Å². The maximum atomic E-state index is 12.1. The minimum absolute atomic E-state index is 0. The fourth-order valence-corrected chi connectivity index (χ4v) is 2.41. The third-order valence-corrected chi connectivity index (χ3v) is 3.50. The third-order valence-electron chi connectivity index (χ3n) is 3.50. The Morgan fingerprint density at radius 2 is 1.91 bits per heavy atom. The van der Waals surface area contributed by atoms with Crippen LogP contribution in [0.2, 0.25) is 0 Å². The molecule has 0 aliphatic carbocycles. The molecule has 9 heteroatoms. The van der Waals surface area contributed by atoms with E-state index >= 15 is 0 Å². The summed E-state index contributed by atoms with van der Waals surface area (Å²) >= 11 is 0. The van der Waals surface area contributed by atoms with Gasteiger partial charge in [-0.2, -0.15) is 13.2 Å². The highest BCUT2D eigenvalue weighted by Gasteiger charge is 2.38. The van der Waals surface area contributed by atoms with Crippen molar-refractivity contribution in [3.05, 3.63) is 23.4 Å². The number of carbonyl (C=O) groups excluding carboxylic acids is 1. The molecule has 1 saturated heterocycles. The zero-order valence-electron chi connectivity index (χ0n) is 11.8.